The van der Waals surface area contributed by atoms with Crippen LogP contribution in [0.25, 0.3) is 0 Å². The Labute approximate surface area is 127 Å². The van der Waals surface area contributed by atoms with Gasteiger partial charge in [0.1, 0.15) is 0 Å². The summed E-state index contributed by atoms with van der Waals surface area (Å²) in [6.45, 7) is 6.80. The van der Waals surface area contributed by atoms with Gasteiger partial charge in [0.15, 0.2) is 0 Å². The first-order valence-corrected chi connectivity index (χ1v) is 7.64. The third-order valence-electron chi connectivity index (χ3n) is 4.75. The van der Waals surface area contributed by atoms with E-state index in [2.05, 4.69) is 81.4 Å². The average molecular weight is 274 g/mol. The highest BCUT2D eigenvalue weighted by Gasteiger charge is 2.25. The van der Waals surface area contributed by atoms with Gasteiger partial charge in [0.05, 0.1) is 0 Å². The molecule has 0 bridgehead atoms. The molecule has 21 heavy (non-hydrogen) atoms. The van der Waals surface area contributed by atoms with E-state index in [0.29, 0.717) is 5.92 Å². The molecule has 0 unspecified atom stereocenters. The van der Waals surface area contributed by atoms with Crippen LogP contribution in [-0.4, -0.2) is 0 Å². The lowest BCUT2D eigenvalue weighted by atomic mass is 9.82. The molecule has 0 spiro atoms. The lowest BCUT2D eigenvalue weighted by Crippen LogP contribution is -2.05. The summed E-state index contributed by atoms with van der Waals surface area (Å²) in [5, 5.41) is 0. The second kappa shape index (κ2) is 5.73. The van der Waals surface area contributed by atoms with Crippen LogP contribution in [0.3, 0.4) is 0 Å². The third kappa shape index (κ3) is 2.58. The van der Waals surface area contributed by atoms with Crippen LogP contribution in [0, 0.1) is 0 Å². The smallest absolute Gasteiger partial charge is 0.0307 e. The molecule has 2 aromatic carbocycles. The van der Waals surface area contributed by atoms with Crippen LogP contribution in [0.4, 0.5) is 0 Å². The van der Waals surface area contributed by atoms with Gasteiger partial charge in [-0.1, -0.05) is 71.8 Å². The van der Waals surface area contributed by atoms with E-state index in [1.807, 2.05) is 0 Å². The fourth-order valence-corrected chi connectivity index (χ4v) is 3.32. The number of allylic oxidation sites excluding steroid dienone is 4. The van der Waals surface area contributed by atoms with Crippen molar-refractivity contribution in [3.8, 4) is 0 Å². The summed E-state index contributed by atoms with van der Waals surface area (Å²) in [5.74, 6) is 0.375. The Balaban J connectivity index is 2.12. The number of hydrogen-bond acceptors (Lipinski definition) is 0. The first-order valence-electron chi connectivity index (χ1n) is 7.64. The van der Waals surface area contributed by atoms with Gasteiger partial charge in [-0.05, 0) is 49.5 Å². The summed E-state index contributed by atoms with van der Waals surface area (Å²) < 4.78 is 0. The SMILES string of the molecule is CC1=C(C)C(C)=C(C(c2ccccc2)c2ccccc2)C1. The van der Waals surface area contributed by atoms with Crippen LogP contribution in [0.5, 0.6) is 0 Å². The van der Waals surface area contributed by atoms with Gasteiger partial charge in [-0.2, -0.15) is 0 Å². The summed E-state index contributed by atoms with van der Waals surface area (Å²) in [6, 6.07) is 21.8. The Bertz CT molecular complexity index is 648. The molecule has 0 heterocycles. The van der Waals surface area contributed by atoms with Crippen molar-refractivity contribution in [3.05, 3.63) is 94.1 Å². The Hall–Kier alpha value is -2.08. The molecule has 0 N–H and O–H groups in total. The summed E-state index contributed by atoms with van der Waals surface area (Å²) in [5.41, 5.74) is 8.80. The summed E-state index contributed by atoms with van der Waals surface area (Å²) >= 11 is 0. The van der Waals surface area contributed by atoms with Gasteiger partial charge < -0.3 is 0 Å². The molecule has 0 atom stereocenters. The van der Waals surface area contributed by atoms with Crippen LogP contribution in [0.1, 0.15) is 44.2 Å². The van der Waals surface area contributed by atoms with Crippen LogP contribution >= 0.6 is 0 Å². The molecule has 0 radical (unpaired) electrons. The molecular formula is C21H22. The van der Waals surface area contributed by atoms with Gasteiger partial charge in [0.25, 0.3) is 0 Å². The maximum absolute atomic E-state index is 2.28. The summed E-state index contributed by atoms with van der Waals surface area (Å²) in [7, 11) is 0. The van der Waals surface area contributed by atoms with Gasteiger partial charge in [0.2, 0.25) is 0 Å². The highest BCUT2D eigenvalue weighted by atomic mass is 14.3. The van der Waals surface area contributed by atoms with Crippen LogP contribution in [0.15, 0.2) is 83.0 Å². The maximum atomic E-state index is 2.28. The normalized spacial score (nSPS) is 15.2. The fourth-order valence-electron chi connectivity index (χ4n) is 3.32. The fraction of sp³-hybridized carbons (Fsp3) is 0.238. The summed E-state index contributed by atoms with van der Waals surface area (Å²) in [6.07, 6.45) is 1.10. The zero-order chi connectivity index (χ0) is 14.8. The van der Waals surface area contributed by atoms with Crippen molar-refractivity contribution in [1.29, 1.82) is 0 Å². The van der Waals surface area contributed by atoms with Crippen molar-refractivity contribution in [3.63, 3.8) is 0 Å². The van der Waals surface area contributed by atoms with E-state index in [0.717, 1.165) is 6.42 Å². The molecule has 2 aromatic rings. The molecule has 1 aliphatic carbocycles. The van der Waals surface area contributed by atoms with Crippen molar-refractivity contribution in [2.24, 2.45) is 0 Å². The minimum Gasteiger partial charge on any atom is -0.0660 e. The third-order valence-corrected chi connectivity index (χ3v) is 4.75. The molecule has 0 amide bonds. The van der Waals surface area contributed by atoms with Gasteiger partial charge in [-0.25, -0.2) is 0 Å². The number of rotatable bonds is 3. The van der Waals surface area contributed by atoms with Crippen LogP contribution < -0.4 is 0 Å². The quantitative estimate of drug-likeness (QED) is 0.656. The molecule has 3 rings (SSSR count). The van der Waals surface area contributed by atoms with E-state index in [-0.39, 0.29) is 0 Å². The van der Waals surface area contributed by atoms with Crippen molar-refractivity contribution >= 4 is 0 Å². The second-order valence-corrected chi connectivity index (χ2v) is 5.99. The molecule has 0 aromatic heterocycles. The topological polar surface area (TPSA) is 0 Å². The van der Waals surface area contributed by atoms with Crippen LogP contribution in [0.2, 0.25) is 0 Å². The lowest BCUT2D eigenvalue weighted by molar-refractivity contribution is 0.894. The monoisotopic (exact) mass is 274 g/mol. The molecule has 0 saturated carbocycles. The van der Waals surface area contributed by atoms with Crippen molar-refractivity contribution in [1.82, 2.24) is 0 Å². The standard InChI is InChI=1S/C21H22/c1-15-14-20(17(3)16(15)2)21(18-10-6-4-7-11-18)19-12-8-5-9-13-19/h4-13,21H,14H2,1-3H3. The zero-order valence-electron chi connectivity index (χ0n) is 13.1. The van der Waals surface area contributed by atoms with E-state index in [1.165, 1.54) is 27.8 Å². The first kappa shape index (κ1) is 13.9. The van der Waals surface area contributed by atoms with E-state index in [9.17, 15) is 0 Å². The minimum atomic E-state index is 0.375. The van der Waals surface area contributed by atoms with Crippen molar-refractivity contribution in [2.75, 3.05) is 0 Å². The Kier molecular flexibility index (Phi) is 3.79. The minimum absolute atomic E-state index is 0.375. The second-order valence-electron chi connectivity index (χ2n) is 5.99. The molecule has 106 valence electrons. The highest BCUT2D eigenvalue weighted by molar-refractivity contribution is 5.52. The van der Waals surface area contributed by atoms with Crippen molar-refractivity contribution in [2.45, 2.75) is 33.1 Å². The van der Waals surface area contributed by atoms with Crippen molar-refractivity contribution < 1.29 is 0 Å². The first-order chi connectivity index (χ1) is 10.2. The van der Waals surface area contributed by atoms with Gasteiger partial charge in [0, 0.05) is 5.92 Å². The lowest BCUT2D eigenvalue weighted by Gasteiger charge is -2.21. The average Bonchev–Trinajstić information content (AvgIpc) is 2.78. The largest absolute Gasteiger partial charge is 0.0660 e. The molecule has 0 heteroatoms. The maximum Gasteiger partial charge on any atom is 0.0307 e. The Morgan fingerprint density at radius 3 is 1.52 bits per heavy atom. The molecule has 0 nitrogen and oxygen atoms in total. The Morgan fingerprint density at radius 2 is 1.14 bits per heavy atom. The zero-order valence-corrected chi connectivity index (χ0v) is 13.1. The predicted octanol–water partition coefficient (Wildman–Crippen LogP) is 5.88. The van der Waals surface area contributed by atoms with E-state index in [1.54, 1.807) is 5.57 Å². The molecule has 0 saturated heterocycles. The van der Waals surface area contributed by atoms with Gasteiger partial charge in [-0.3, -0.25) is 0 Å². The molecule has 0 fully saturated rings. The molecule has 1 aliphatic rings. The number of benzene rings is 2. The van der Waals surface area contributed by atoms with E-state index >= 15 is 0 Å². The van der Waals surface area contributed by atoms with Gasteiger partial charge >= 0.3 is 0 Å². The molecule has 0 aliphatic heterocycles. The molecular weight excluding hydrogens is 252 g/mol. The van der Waals surface area contributed by atoms with E-state index in [4.69, 9.17) is 0 Å². The Morgan fingerprint density at radius 1 is 0.667 bits per heavy atom. The van der Waals surface area contributed by atoms with Gasteiger partial charge in [-0.15, -0.1) is 0 Å². The summed E-state index contributed by atoms with van der Waals surface area (Å²) in [4.78, 5) is 0. The number of hydrogen-bond donors (Lipinski definition) is 0. The van der Waals surface area contributed by atoms with Crippen LogP contribution in [-0.2, 0) is 0 Å². The highest BCUT2D eigenvalue weighted by Crippen LogP contribution is 2.43. The van der Waals surface area contributed by atoms with E-state index < -0.39 is 0 Å². The predicted molar refractivity (Wildman–Crippen MR) is 90.4 cm³/mol.